The summed E-state index contributed by atoms with van der Waals surface area (Å²) >= 11 is 0. The van der Waals surface area contributed by atoms with Gasteiger partial charge in [-0.1, -0.05) is 76.3 Å². The van der Waals surface area contributed by atoms with Gasteiger partial charge in [0.05, 0.1) is 12.1 Å². The summed E-state index contributed by atoms with van der Waals surface area (Å²) in [6, 6.07) is 8.14. The van der Waals surface area contributed by atoms with E-state index in [0.717, 1.165) is 31.2 Å². The van der Waals surface area contributed by atoms with Crippen LogP contribution in [0.15, 0.2) is 30.3 Å². The first-order valence-corrected chi connectivity index (χ1v) is 15.3. The maximum Gasteiger partial charge on any atom is 0.360 e. The molecule has 0 saturated heterocycles. The molecule has 0 aromatic heterocycles. The van der Waals surface area contributed by atoms with Crippen LogP contribution in [0.4, 0.5) is 0 Å². The molecular formula is C28H47N2O6P. The van der Waals surface area contributed by atoms with Crippen LogP contribution in [0.25, 0.3) is 0 Å². The number of carbonyl (C=O) groups excluding carboxylic acids is 2. The number of benzene rings is 1. The van der Waals surface area contributed by atoms with Crippen LogP contribution < -0.4 is 10.6 Å². The lowest BCUT2D eigenvalue weighted by molar-refractivity contribution is -0.130. The largest absolute Gasteiger partial charge is 0.379 e. The first kappa shape index (κ1) is 31.5. The van der Waals surface area contributed by atoms with Gasteiger partial charge in [0.2, 0.25) is 11.8 Å². The zero-order valence-electron chi connectivity index (χ0n) is 23.2. The molecule has 1 aromatic rings. The molecule has 1 aliphatic rings. The lowest BCUT2D eigenvalue weighted by Crippen LogP contribution is -2.53. The van der Waals surface area contributed by atoms with E-state index in [-0.39, 0.29) is 18.2 Å². The van der Waals surface area contributed by atoms with Crippen molar-refractivity contribution < 1.29 is 28.3 Å². The van der Waals surface area contributed by atoms with E-state index in [2.05, 4.69) is 10.6 Å². The second kappa shape index (κ2) is 15.6. The fourth-order valence-corrected chi connectivity index (χ4v) is 6.57. The summed E-state index contributed by atoms with van der Waals surface area (Å²) in [4.78, 5) is 26.2. The second-order valence-corrected chi connectivity index (χ2v) is 13.1. The SMILES string of the molecule is COP(=O)(OC(C)C)C(O)[C@H](CC1CCCCC1)NC(=O)[C@H](CC(C)C)NC(=O)CCc1ccccc1. The molecule has 1 saturated carbocycles. The molecule has 210 valence electrons. The Morgan fingerprint density at radius 2 is 1.70 bits per heavy atom. The summed E-state index contributed by atoms with van der Waals surface area (Å²) in [7, 11) is -2.65. The maximum atomic E-state index is 13.5. The summed E-state index contributed by atoms with van der Waals surface area (Å²) in [6.07, 6.45) is 6.69. The van der Waals surface area contributed by atoms with Crippen LogP contribution in [0, 0.1) is 11.8 Å². The average molecular weight is 539 g/mol. The molecule has 8 nitrogen and oxygen atoms in total. The summed E-state index contributed by atoms with van der Waals surface area (Å²) in [5.74, 6) is -1.67. The third kappa shape index (κ3) is 10.9. The molecule has 0 aliphatic heterocycles. The molecule has 2 unspecified atom stereocenters. The van der Waals surface area contributed by atoms with Crippen molar-refractivity contribution in [2.75, 3.05) is 7.11 Å². The van der Waals surface area contributed by atoms with Crippen molar-refractivity contribution in [1.29, 1.82) is 0 Å². The minimum Gasteiger partial charge on any atom is -0.379 e. The van der Waals surface area contributed by atoms with Gasteiger partial charge in [-0.25, -0.2) is 0 Å². The third-order valence-corrected chi connectivity index (χ3v) is 9.01. The third-order valence-electron chi connectivity index (χ3n) is 6.78. The number of amides is 2. The van der Waals surface area contributed by atoms with E-state index in [4.69, 9.17) is 9.05 Å². The Kier molecular flexibility index (Phi) is 13.3. The van der Waals surface area contributed by atoms with E-state index in [9.17, 15) is 19.3 Å². The van der Waals surface area contributed by atoms with E-state index >= 15 is 0 Å². The molecule has 2 amide bonds. The summed E-state index contributed by atoms with van der Waals surface area (Å²) in [5, 5.41) is 17.0. The highest BCUT2D eigenvalue weighted by Crippen LogP contribution is 2.54. The van der Waals surface area contributed by atoms with Crippen molar-refractivity contribution in [3.05, 3.63) is 35.9 Å². The lowest BCUT2D eigenvalue weighted by atomic mass is 9.85. The molecule has 2 rings (SSSR count). The molecule has 9 heteroatoms. The van der Waals surface area contributed by atoms with Crippen LogP contribution in [0.5, 0.6) is 0 Å². The number of rotatable bonds is 15. The highest BCUT2D eigenvalue weighted by atomic mass is 31.2. The fourth-order valence-electron chi connectivity index (χ4n) is 4.92. The van der Waals surface area contributed by atoms with Crippen LogP contribution >= 0.6 is 7.60 Å². The minimum absolute atomic E-state index is 0.154. The maximum absolute atomic E-state index is 13.5. The molecule has 0 spiro atoms. The Morgan fingerprint density at radius 3 is 2.27 bits per heavy atom. The number of hydrogen-bond acceptors (Lipinski definition) is 6. The van der Waals surface area contributed by atoms with E-state index in [1.54, 1.807) is 13.8 Å². The van der Waals surface area contributed by atoms with Crippen molar-refractivity contribution in [1.82, 2.24) is 10.6 Å². The normalized spacial score (nSPS) is 18.7. The molecule has 0 heterocycles. The Hall–Kier alpha value is -1.73. The van der Waals surface area contributed by atoms with Gasteiger partial charge in [-0.15, -0.1) is 0 Å². The highest BCUT2D eigenvalue weighted by molar-refractivity contribution is 7.54. The Labute approximate surface area is 222 Å². The molecule has 0 bridgehead atoms. The number of aliphatic hydroxyl groups is 1. The van der Waals surface area contributed by atoms with Gasteiger partial charge in [-0.3, -0.25) is 14.2 Å². The number of nitrogens with one attached hydrogen (secondary N) is 2. The van der Waals surface area contributed by atoms with Crippen LogP contribution in [0.1, 0.15) is 84.6 Å². The molecule has 1 aromatic carbocycles. The van der Waals surface area contributed by atoms with Crippen molar-refractivity contribution in [2.45, 2.75) is 110 Å². The molecule has 37 heavy (non-hydrogen) atoms. The predicted molar refractivity (Wildman–Crippen MR) is 146 cm³/mol. The molecule has 1 aliphatic carbocycles. The molecule has 1 fully saturated rings. The van der Waals surface area contributed by atoms with Gasteiger partial charge in [0.25, 0.3) is 0 Å². The van der Waals surface area contributed by atoms with Crippen LogP contribution in [0.2, 0.25) is 0 Å². The Balaban J connectivity index is 2.15. The first-order valence-electron chi connectivity index (χ1n) is 13.7. The number of aliphatic hydroxyl groups excluding tert-OH is 1. The predicted octanol–water partition coefficient (Wildman–Crippen LogP) is 5.19. The second-order valence-electron chi connectivity index (χ2n) is 10.9. The van der Waals surface area contributed by atoms with Crippen molar-refractivity contribution in [3.8, 4) is 0 Å². The average Bonchev–Trinajstić information content (AvgIpc) is 2.86. The summed E-state index contributed by atoms with van der Waals surface area (Å²) < 4.78 is 24.1. The van der Waals surface area contributed by atoms with Gasteiger partial charge in [0.15, 0.2) is 5.85 Å². The quantitative estimate of drug-likeness (QED) is 0.265. The first-order chi connectivity index (χ1) is 17.5. The van der Waals surface area contributed by atoms with Gasteiger partial charge in [0, 0.05) is 13.5 Å². The monoisotopic (exact) mass is 538 g/mol. The van der Waals surface area contributed by atoms with Gasteiger partial charge in [-0.2, -0.15) is 0 Å². The van der Waals surface area contributed by atoms with E-state index < -0.39 is 37.5 Å². The van der Waals surface area contributed by atoms with Gasteiger partial charge >= 0.3 is 7.60 Å². The smallest absolute Gasteiger partial charge is 0.360 e. The number of aryl methyl sites for hydroxylation is 1. The van der Waals surface area contributed by atoms with Gasteiger partial charge in [0.1, 0.15) is 6.04 Å². The van der Waals surface area contributed by atoms with Gasteiger partial charge < -0.3 is 24.8 Å². The minimum atomic E-state index is -3.90. The van der Waals surface area contributed by atoms with Crippen molar-refractivity contribution >= 4 is 19.4 Å². The standard InChI is InChI=1S/C28H47N2O6P/c1-20(2)18-24(29-26(31)17-16-22-12-8-6-9-13-22)27(32)30-25(19-23-14-10-7-11-15-23)28(33)37(34,35-5)36-21(3)4/h6,8-9,12-13,20-21,23-25,28,33H,7,10-11,14-19H2,1-5H3,(H,29,31)(H,30,32)/t24-,25-,28?,37?/m0/s1. The fraction of sp³-hybridized carbons (Fsp3) is 0.714. The highest BCUT2D eigenvalue weighted by Gasteiger charge is 2.42. The van der Waals surface area contributed by atoms with E-state index in [0.29, 0.717) is 25.2 Å². The van der Waals surface area contributed by atoms with Crippen LogP contribution in [-0.2, 0) is 29.6 Å². The lowest BCUT2D eigenvalue weighted by Gasteiger charge is -2.34. The van der Waals surface area contributed by atoms with Crippen molar-refractivity contribution in [2.24, 2.45) is 11.8 Å². The summed E-state index contributed by atoms with van der Waals surface area (Å²) in [5.41, 5.74) is 1.05. The summed E-state index contributed by atoms with van der Waals surface area (Å²) in [6.45, 7) is 7.41. The zero-order chi connectivity index (χ0) is 27.4. The number of hydrogen-bond donors (Lipinski definition) is 3. The number of carbonyl (C=O) groups is 2. The topological polar surface area (TPSA) is 114 Å². The van der Waals surface area contributed by atoms with Gasteiger partial charge in [-0.05, 0) is 50.5 Å². The van der Waals surface area contributed by atoms with Crippen molar-refractivity contribution in [3.63, 3.8) is 0 Å². The zero-order valence-corrected chi connectivity index (χ0v) is 24.0. The van der Waals surface area contributed by atoms with E-state index in [1.807, 2.05) is 44.2 Å². The molecule has 4 atom stereocenters. The molecular weight excluding hydrogens is 491 g/mol. The van der Waals surface area contributed by atoms with Crippen LogP contribution in [-0.4, -0.2) is 48.1 Å². The Morgan fingerprint density at radius 1 is 1.05 bits per heavy atom. The molecule has 3 N–H and O–H groups in total. The molecule has 0 radical (unpaired) electrons. The van der Waals surface area contributed by atoms with E-state index in [1.165, 1.54) is 13.5 Å². The van der Waals surface area contributed by atoms with Crippen LogP contribution in [0.3, 0.4) is 0 Å². The Bertz CT molecular complexity index is 873.